The SMILES string of the molecule is COc1ccc(CNc2ccc(Br)cc2)c(OC)c1. The van der Waals surface area contributed by atoms with Crippen LogP contribution in [0.5, 0.6) is 11.5 Å². The van der Waals surface area contributed by atoms with Gasteiger partial charge in [-0.25, -0.2) is 0 Å². The average Bonchev–Trinajstić information content (AvgIpc) is 2.46. The van der Waals surface area contributed by atoms with Gasteiger partial charge in [0.25, 0.3) is 0 Å². The average molecular weight is 322 g/mol. The molecule has 2 aromatic rings. The summed E-state index contributed by atoms with van der Waals surface area (Å²) in [5.41, 5.74) is 2.16. The molecular weight excluding hydrogens is 306 g/mol. The normalized spacial score (nSPS) is 10.1. The molecule has 0 atom stereocenters. The molecule has 3 nitrogen and oxygen atoms in total. The van der Waals surface area contributed by atoms with E-state index in [2.05, 4.69) is 21.2 Å². The molecule has 100 valence electrons. The zero-order chi connectivity index (χ0) is 13.7. The van der Waals surface area contributed by atoms with Crippen LogP contribution in [0.3, 0.4) is 0 Å². The van der Waals surface area contributed by atoms with Crippen LogP contribution in [0.1, 0.15) is 5.56 Å². The Balaban J connectivity index is 2.08. The summed E-state index contributed by atoms with van der Waals surface area (Å²) < 4.78 is 11.6. The van der Waals surface area contributed by atoms with Crippen molar-refractivity contribution in [2.45, 2.75) is 6.54 Å². The number of rotatable bonds is 5. The third-order valence-corrected chi connectivity index (χ3v) is 3.35. The van der Waals surface area contributed by atoms with Gasteiger partial charge >= 0.3 is 0 Å². The minimum atomic E-state index is 0.703. The number of methoxy groups -OCH3 is 2. The second-order valence-electron chi connectivity index (χ2n) is 4.04. The van der Waals surface area contributed by atoms with Gasteiger partial charge in [0.2, 0.25) is 0 Å². The summed E-state index contributed by atoms with van der Waals surface area (Å²) in [6, 6.07) is 13.9. The molecular formula is C15H16BrNO2. The Labute approximate surface area is 121 Å². The molecule has 2 aromatic carbocycles. The Hall–Kier alpha value is -1.68. The van der Waals surface area contributed by atoms with Crippen LogP contribution in [0.15, 0.2) is 46.9 Å². The Morgan fingerprint density at radius 3 is 2.37 bits per heavy atom. The van der Waals surface area contributed by atoms with Crippen LogP contribution < -0.4 is 14.8 Å². The molecule has 0 amide bonds. The molecule has 0 heterocycles. The third-order valence-electron chi connectivity index (χ3n) is 2.82. The summed E-state index contributed by atoms with van der Waals surface area (Å²) in [6.45, 7) is 0.703. The number of nitrogens with one attached hydrogen (secondary N) is 1. The standard InChI is InChI=1S/C15H16BrNO2/c1-18-14-8-3-11(15(9-14)19-2)10-17-13-6-4-12(16)5-7-13/h3-9,17H,10H2,1-2H3. The fourth-order valence-electron chi connectivity index (χ4n) is 1.76. The van der Waals surface area contributed by atoms with E-state index in [0.29, 0.717) is 6.54 Å². The number of hydrogen-bond donors (Lipinski definition) is 1. The van der Waals surface area contributed by atoms with E-state index in [1.54, 1.807) is 14.2 Å². The molecule has 0 aliphatic heterocycles. The van der Waals surface area contributed by atoms with Gasteiger partial charge in [-0.1, -0.05) is 15.9 Å². The second kappa shape index (κ2) is 6.48. The van der Waals surface area contributed by atoms with Gasteiger partial charge in [-0.3, -0.25) is 0 Å². The van der Waals surface area contributed by atoms with Gasteiger partial charge in [-0.15, -0.1) is 0 Å². The van der Waals surface area contributed by atoms with Gasteiger partial charge in [0.1, 0.15) is 11.5 Å². The van der Waals surface area contributed by atoms with Crippen molar-refractivity contribution in [3.05, 3.63) is 52.5 Å². The predicted molar refractivity (Wildman–Crippen MR) is 81.0 cm³/mol. The molecule has 0 aliphatic rings. The first-order valence-electron chi connectivity index (χ1n) is 5.93. The molecule has 0 spiro atoms. The second-order valence-corrected chi connectivity index (χ2v) is 4.95. The smallest absolute Gasteiger partial charge is 0.127 e. The number of benzene rings is 2. The first-order chi connectivity index (χ1) is 9.22. The van der Waals surface area contributed by atoms with Crippen molar-refractivity contribution in [1.29, 1.82) is 0 Å². The van der Waals surface area contributed by atoms with Crippen LogP contribution in [0.25, 0.3) is 0 Å². The number of hydrogen-bond acceptors (Lipinski definition) is 3. The highest BCUT2D eigenvalue weighted by Crippen LogP contribution is 2.25. The molecule has 0 fully saturated rings. The molecule has 1 N–H and O–H groups in total. The van der Waals surface area contributed by atoms with Crippen LogP contribution in [0, 0.1) is 0 Å². The van der Waals surface area contributed by atoms with Gasteiger partial charge in [0, 0.05) is 28.3 Å². The van der Waals surface area contributed by atoms with Gasteiger partial charge < -0.3 is 14.8 Å². The van der Waals surface area contributed by atoms with Crippen molar-refractivity contribution in [2.24, 2.45) is 0 Å². The maximum atomic E-state index is 5.37. The first kappa shape index (κ1) is 13.7. The van der Waals surface area contributed by atoms with E-state index in [1.165, 1.54) is 0 Å². The number of anilines is 1. The molecule has 0 bridgehead atoms. The summed E-state index contributed by atoms with van der Waals surface area (Å²) in [5.74, 6) is 1.62. The maximum absolute atomic E-state index is 5.37. The fraction of sp³-hybridized carbons (Fsp3) is 0.200. The zero-order valence-electron chi connectivity index (χ0n) is 10.9. The number of ether oxygens (including phenoxy) is 2. The largest absolute Gasteiger partial charge is 0.497 e. The molecule has 0 aromatic heterocycles. The van der Waals surface area contributed by atoms with Crippen molar-refractivity contribution >= 4 is 21.6 Å². The zero-order valence-corrected chi connectivity index (χ0v) is 12.5. The lowest BCUT2D eigenvalue weighted by Gasteiger charge is -2.12. The van der Waals surface area contributed by atoms with E-state index in [1.807, 2.05) is 42.5 Å². The Bertz CT molecular complexity index is 540. The topological polar surface area (TPSA) is 30.5 Å². The minimum absolute atomic E-state index is 0.703. The molecule has 0 radical (unpaired) electrons. The molecule has 0 saturated heterocycles. The summed E-state index contributed by atoms with van der Waals surface area (Å²) in [5, 5.41) is 3.36. The minimum Gasteiger partial charge on any atom is -0.497 e. The van der Waals surface area contributed by atoms with E-state index in [4.69, 9.17) is 9.47 Å². The van der Waals surface area contributed by atoms with E-state index >= 15 is 0 Å². The quantitative estimate of drug-likeness (QED) is 0.900. The number of halogens is 1. The van der Waals surface area contributed by atoms with Crippen LogP contribution in [0.4, 0.5) is 5.69 Å². The van der Waals surface area contributed by atoms with Gasteiger partial charge in [-0.05, 0) is 36.4 Å². The van der Waals surface area contributed by atoms with E-state index < -0.39 is 0 Å². The maximum Gasteiger partial charge on any atom is 0.127 e. The Kier molecular flexibility index (Phi) is 4.68. The summed E-state index contributed by atoms with van der Waals surface area (Å²) in [6.07, 6.45) is 0. The first-order valence-corrected chi connectivity index (χ1v) is 6.72. The van der Waals surface area contributed by atoms with Crippen molar-refractivity contribution in [2.75, 3.05) is 19.5 Å². The van der Waals surface area contributed by atoms with E-state index in [0.717, 1.165) is 27.2 Å². The Morgan fingerprint density at radius 1 is 1.00 bits per heavy atom. The van der Waals surface area contributed by atoms with Crippen molar-refractivity contribution < 1.29 is 9.47 Å². The lowest BCUT2D eigenvalue weighted by Crippen LogP contribution is -2.01. The lowest BCUT2D eigenvalue weighted by atomic mass is 10.2. The van der Waals surface area contributed by atoms with E-state index in [-0.39, 0.29) is 0 Å². The van der Waals surface area contributed by atoms with Crippen molar-refractivity contribution in [3.8, 4) is 11.5 Å². The highest BCUT2D eigenvalue weighted by atomic mass is 79.9. The highest BCUT2D eigenvalue weighted by Gasteiger charge is 2.04. The summed E-state index contributed by atoms with van der Waals surface area (Å²) in [7, 11) is 3.31. The molecule has 0 saturated carbocycles. The summed E-state index contributed by atoms with van der Waals surface area (Å²) >= 11 is 3.42. The third kappa shape index (κ3) is 3.64. The van der Waals surface area contributed by atoms with Crippen LogP contribution in [-0.4, -0.2) is 14.2 Å². The van der Waals surface area contributed by atoms with Gasteiger partial charge in [0.05, 0.1) is 14.2 Å². The molecule has 0 unspecified atom stereocenters. The highest BCUT2D eigenvalue weighted by molar-refractivity contribution is 9.10. The van der Waals surface area contributed by atoms with Crippen LogP contribution >= 0.6 is 15.9 Å². The molecule has 19 heavy (non-hydrogen) atoms. The van der Waals surface area contributed by atoms with Crippen molar-refractivity contribution in [1.82, 2.24) is 0 Å². The van der Waals surface area contributed by atoms with Gasteiger partial charge in [0.15, 0.2) is 0 Å². The predicted octanol–water partition coefficient (Wildman–Crippen LogP) is 4.08. The van der Waals surface area contributed by atoms with Gasteiger partial charge in [-0.2, -0.15) is 0 Å². The monoisotopic (exact) mass is 321 g/mol. The Morgan fingerprint density at radius 2 is 1.74 bits per heavy atom. The lowest BCUT2D eigenvalue weighted by molar-refractivity contribution is 0.391. The molecule has 2 rings (SSSR count). The van der Waals surface area contributed by atoms with Crippen LogP contribution in [-0.2, 0) is 6.54 Å². The van der Waals surface area contributed by atoms with Crippen molar-refractivity contribution in [3.63, 3.8) is 0 Å². The molecule has 4 heteroatoms. The molecule has 0 aliphatic carbocycles. The van der Waals surface area contributed by atoms with E-state index in [9.17, 15) is 0 Å². The summed E-state index contributed by atoms with van der Waals surface area (Å²) in [4.78, 5) is 0. The fourth-order valence-corrected chi connectivity index (χ4v) is 2.03. The van der Waals surface area contributed by atoms with Crippen LogP contribution in [0.2, 0.25) is 0 Å².